The third-order valence-electron chi connectivity index (χ3n) is 2.34. The van der Waals surface area contributed by atoms with Crippen LogP contribution in [0.3, 0.4) is 0 Å². The SMILES string of the molecule is Nc1sc(Cl)cc1C(=O)NCc1ccc(F)cc1. The molecule has 1 amide bonds. The van der Waals surface area contributed by atoms with Crippen LogP contribution in [0.15, 0.2) is 30.3 Å². The first kappa shape index (κ1) is 12.9. The molecule has 0 fully saturated rings. The van der Waals surface area contributed by atoms with E-state index in [1.165, 1.54) is 18.2 Å². The van der Waals surface area contributed by atoms with Crippen LogP contribution in [0, 0.1) is 5.82 Å². The summed E-state index contributed by atoms with van der Waals surface area (Å²) in [6.07, 6.45) is 0. The lowest BCUT2D eigenvalue weighted by Gasteiger charge is -2.04. The van der Waals surface area contributed by atoms with E-state index in [2.05, 4.69) is 5.32 Å². The quantitative estimate of drug-likeness (QED) is 0.910. The Morgan fingerprint density at radius 2 is 2.06 bits per heavy atom. The lowest BCUT2D eigenvalue weighted by molar-refractivity contribution is 0.0952. The highest BCUT2D eigenvalue weighted by Crippen LogP contribution is 2.28. The fourth-order valence-corrected chi connectivity index (χ4v) is 2.44. The van der Waals surface area contributed by atoms with E-state index in [0.717, 1.165) is 16.9 Å². The first-order chi connectivity index (χ1) is 8.56. The van der Waals surface area contributed by atoms with Gasteiger partial charge in [0.25, 0.3) is 5.91 Å². The Bertz CT molecular complexity index is 568. The summed E-state index contributed by atoms with van der Waals surface area (Å²) in [6.45, 7) is 0.312. The van der Waals surface area contributed by atoms with Crippen molar-refractivity contribution in [1.82, 2.24) is 5.32 Å². The number of nitrogens with one attached hydrogen (secondary N) is 1. The molecule has 1 heterocycles. The molecule has 3 N–H and O–H groups in total. The molecular formula is C12H10ClFN2OS. The molecule has 0 bridgehead atoms. The minimum absolute atomic E-state index is 0.292. The Balaban J connectivity index is 2.00. The van der Waals surface area contributed by atoms with Gasteiger partial charge in [0.2, 0.25) is 0 Å². The predicted molar refractivity (Wildman–Crippen MR) is 71.3 cm³/mol. The van der Waals surface area contributed by atoms with E-state index < -0.39 is 0 Å². The van der Waals surface area contributed by atoms with Crippen molar-refractivity contribution < 1.29 is 9.18 Å². The fourth-order valence-electron chi connectivity index (χ4n) is 1.43. The molecule has 0 saturated heterocycles. The molecule has 0 unspecified atom stereocenters. The van der Waals surface area contributed by atoms with Gasteiger partial charge in [0.05, 0.1) is 9.90 Å². The Morgan fingerprint density at radius 3 is 2.61 bits per heavy atom. The zero-order chi connectivity index (χ0) is 13.1. The summed E-state index contributed by atoms with van der Waals surface area (Å²) >= 11 is 6.92. The minimum Gasteiger partial charge on any atom is -0.390 e. The number of carbonyl (C=O) groups excluding carboxylic acids is 1. The zero-order valence-electron chi connectivity index (χ0n) is 9.24. The third kappa shape index (κ3) is 3.00. The highest BCUT2D eigenvalue weighted by molar-refractivity contribution is 7.20. The Hall–Kier alpha value is -1.59. The van der Waals surface area contributed by atoms with E-state index in [0.29, 0.717) is 21.4 Å². The van der Waals surface area contributed by atoms with Crippen LogP contribution in [0.4, 0.5) is 9.39 Å². The number of thiophene rings is 1. The molecule has 0 atom stereocenters. The average molecular weight is 285 g/mol. The molecule has 1 aromatic heterocycles. The van der Waals surface area contributed by atoms with Gasteiger partial charge in [-0.3, -0.25) is 4.79 Å². The summed E-state index contributed by atoms with van der Waals surface area (Å²) in [5.41, 5.74) is 6.83. The van der Waals surface area contributed by atoms with Crippen molar-refractivity contribution >= 4 is 33.8 Å². The van der Waals surface area contributed by atoms with E-state index in [-0.39, 0.29) is 11.7 Å². The second-order valence-electron chi connectivity index (χ2n) is 3.64. The number of hydrogen-bond donors (Lipinski definition) is 2. The van der Waals surface area contributed by atoms with Crippen molar-refractivity contribution in [3.63, 3.8) is 0 Å². The summed E-state index contributed by atoms with van der Waals surface area (Å²) in [5.74, 6) is -0.598. The van der Waals surface area contributed by atoms with E-state index in [1.54, 1.807) is 12.1 Å². The largest absolute Gasteiger partial charge is 0.390 e. The second kappa shape index (κ2) is 5.37. The maximum Gasteiger partial charge on any atom is 0.254 e. The molecule has 0 radical (unpaired) electrons. The molecule has 2 aromatic rings. The fraction of sp³-hybridized carbons (Fsp3) is 0.0833. The van der Waals surface area contributed by atoms with Crippen LogP contribution in [0.1, 0.15) is 15.9 Å². The number of nitrogen functional groups attached to an aromatic ring is 1. The topological polar surface area (TPSA) is 55.1 Å². The van der Waals surface area contributed by atoms with Gasteiger partial charge in [-0.1, -0.05) is 23.7 Å². The maximum absolute atomic E-state index is 12.7. The lowest BCUT2D eigenvalue weighted by atomic mass is 10.2. The van der Waals surface area contributed by atoms with Gasteiger partial charge in [0.15, 0.2) is 0 Å². The summed E-state index contributed by atoms with van der Waals surface area (Å²) in [7, 11) is 0. The summed E-state index contributed by atoms with van der Waals surface area (Å²) in [4.78, 5) is 11.8. The molecule has 0 aliphatic rings. The van der Waals surface area contributed by atoms with Crippen LogP contribution in [-0.4, -0.2) is 5.91 Å². The van der Waals surface area contributed by atoms with Gasteiger partial charge in [-0.05, 0) is 23.8 Å². The van der Waals surface area contributed by atoms with Crippen LogP contribution < -0.4 is 11.1 Å². The molecule has 94 valence electrons. The number of carbonyl (C=O) groups is 1. The zero-order valence-corrected chi connectivity index (χ0v) is 10.8. The Morgan fingerprint density at radius 1 is 1.39 bits per heavy atom. The molecule has 0 saturated carbocycles. The molecule has 0 spiro atoms. The molecule has 3 nitrogen and oxygen atoms in total. The van der Waals surface area contributed by atoms with Gasteiger partial charge in [0.1, 0.15) is 10.8 Å². The monoisotopic (exact) mass is 284 g/mol. The normalized spacial score (nSPS) is 10.3. The molecular weight excluding hydrogens is 275 g/mol. The van der Waals surface area contributed by atoms with Crippen LogP contribution >= 0.6 is 22.9 Å². The second-order valence-corrected chi connectivity index (χ2v) is 5.35. The van der Waals surface area contributed by atoms with Crippen molar-refractivity contribution in [3.8, 4) is 0 Å². The highest BCUT2D eigenvalue weighted by Gasteiger charge is 2.12. The number of rotatable bonds is 3. The average Bonchev–Trinajstić information content (AvgIpc) is 2.67. The molecule has 1 aromatic carbocycles. The number of halogens is 2. The van der Waals surface area contributed by atoms with Gasteiger partial charge in [-0.2, -0.15) is 0 Å². The van der Waals surface area contributed by atoms with Crippen molar-refractivity contribution in [2.45, 2.75) is 6.54 Å². The van der Waals surface area contributed by atoms with Crippen molar-refractivity contribution in [2.24, 2.45) is 0 Å². The summed E-state index contributed by atoms with van der Waals surface area (Å²) in [5, 5.41) is 3.08. The summed E-state index contributed by atoms with van der Waals surface area (Å²) in [6, 6.07) is 7.44. The van der Waals surface area contributed by atoms with E-state index in [1.807, 2.05) is 0 Å². The van der Waals surface area contributed by atoms with E-state index in [9.17, 15) is 9.18 Å². The first-order valence-electron chi connectivity index (χ1n) is 5.13. The number of nitrogens with two attached hydrogens (primary N) is 1. The molecule has 0 aliphatic heterocycles. The molecule has 18 heavy (non-hydrogen) atoms. The van der Waals surface area contributed by atoms with Gasteiger partial charge in [-0.25, -0.2) is 4.39 Å². The number of hydrogen-bond acceptors (Lipinski definition) is 3. The Kier molecular flexibility index (Phi) is 3.84. The van der Waals surface area contributed by atoms with Gasteiger partial charge >= 0.3 is 0 Å². The number of amides is 1. The van der Waals surface area contributed by atoms with Crippen molar-refractivity contribution in [3.05, 3.63) is 51.6 Å². The highest BCUT2D eigenvalue weighted by atomic mass is 35.5. The molecule has 0 aliphatic carbocycles. The van der Waals surface area contributed by atoms with Crippen LogP contribution in [0.2, 0.25) is 4.34 Å². The van der Waals surface area contributed by atoms with Gasteiger partial charge in [-0.15, -0.1) is 11.3 Å². The van der Waals surface area contributed by atoms with E-state index in [4.69, 9.17) is 17.3 Å². The number of anilines is 1. The maximum atomic E-state index is 12.7. The third-order valence-corrected chi connectivity index (χ3v) is 3.43. The summed E-state index contributed by atoms with van der Waals surface area (Å²) < 4.78 is 13.2. The van der Waals surface area contributed by atoms with Crippen molar-refractivity contribution in [1.29, 1.82) is 0 Å². The van der Waals surface area contributed by atoms with Crippen LogP contribution in [0.25, 0.3) is 0 Å². The Labute approximate surface area is 112 Å². The first-order valence-corrected chi connectivity index (χ1v) is 6.33. The van der Waals surface area contributed by atoms with Gasteiger partial charge < -0.3 is 11.1 Å². The predicted octanol–water partition coefficient (Wildman–Crippen LogP) is 3.05. The van der Waals surface area contributed by atoms with Gasteiger partial charge in [0, 0.05) is 6.54 Å². The van der Waals surface area contributed by atoms with Crippen LogP contribution in [0.5, 0.6) is 0 Å². The molecule has 6 heteroatoms. The standard InChI is InChI=1S/C12H10ClFN2OS/c13-10-5-9(11(15)18-10)12(17)16-6-7-1-3-8(14)4-2-7/h1-5H,6,15H2,(H,16,17). The minimum atomic E-state index is -0.307. The number of benzene rings is 1. The smallest absolute Gasteiger partial charge is 0.254 e. The molecule has 2 rings (SSSR count). The van der Waals surface area contributed by atoms with E-state index >= 15 is 0 Å². The lowest BCUT2D eigenvalue weighted by Crippen LogP contribution is -2.23. The van der Waals surface area contributed by atoms with Crippen LogP contribution in [-0.2, 0) is 6.54 Å². The van der Waals surface area contributed by atoms with Crippen molar-refractivity contribution in [2.75, 3.05) is 5.73 Å².